The molecule has 4 heterocycles. The Bertz CT molecular complexity index is 1900. The summed E-state index contributed by atoms with van der Waals surface area (Å²) in [5.74, 6) is -6.93. The van der Waals surface area contributed by atoms with Crippen LogP contribution < -0.4 is 9.80 Å². The van der Waals surface area contributed by atoms with E-state index in [4.69, 9.17) is 23.2 Å². The summed E-state index contributed by atoms with van der Waals surface area (Å²) < 4.78 is 83.2. The summed E-state index contributed by atoms with van der Waals surface area (Å²) in [6, 6.07) is 6.78. The molecule has 2 aliphatic heterocycles. The molecule has 0 saturated heterocycles. The third kappa shape index (κ3) is 7.37. The quantitative estimate of drug-likeness (QED) is 0.153. The van der Waals surface area contributed by atoms with Crippen molar-refractivity contribution in [2.45, 2.75) is 24.9 Å². The zero-order valence-corrected chi connectivity index (χ0v) is 26.7. The molecule has 0 aliphatic carbocycles. The van der Waals surface area contributed by atoms with Gasteiger partial charge in [-0.15, -0.1) is 0 Å². The van der Waals surface area contributed by atoms with Crippen molar-refractivity contribution in [1.29, 1.82) is 0 Å². The van der Waals surface area contributed by atoms with E-state index >= 15 is 0 Å². The standard InChI is InChI=1S/C16H9BrClF3N2O.C16H10ClF3N2O/c17-9-7-23(12-2-1-3-22-16(12)18)13(6-14(9)24)15-10(20)4-8(19)5-11(15)21;17-16-13(2-1-4-21-16)22-5-3-10(23)8-14(22)15-11(19)6-9(18)7-12(15)20/h1-5,7,13H,6H2;1-7,14H,8H2. The molecular formula is C32H19BrCl2F6N4O2. The van der Waals surface area contributed by atoms with Gasteiger partial charge in [0, 0.05) is 73.0 Å². The van der Waals surface area contributed by atoms with Crippen molar-refractivity contribution >= 4 is 62.1 Å². The lowest BCUT2D eigenvalue weighted by atomic mass is 9.95. The van der Waals surface area contributed by atoms with Crippen molar-refractivity contribution in [1.82, 2.24) is 9.97 Å². The van der Waals surface area contributed by atoms with E-state index in [1.807, 2.05) is 0 Å². The van der Waals surface area contributed by atoms with E-state index < -0.39 is 52.6 Å². The van der Waals surface area contributed by atoms with Crippen LogP contribution in [0.3, 0.4) is 0 Å². The summed E-state index contributed by atoms with van der Waals surface area (Å²) in [5, 5.41) is 0.232. The number of allylic oxidation sites excluding steroid dienone is 2. The smallest absolute Gasteiger partial charge is 0.173 e. The Kier molecular flexibility index (Phi) is 10.4. The number of hydrogen-bond acceptors (Lipinski definition) is 6. The zero-order chi connectivity index (χ0) is 34.0. The van der Waals surface area contributed by atoms with Crippen LogP contribution >= 0.6 is 39.1 Å². The van der Waals surface area contributed by atoms with E-state index in [0.29, 0.717) is 35.6 Å². The molecule has 0 radical (unpaired) electrons. The number of halogens is 9. The molecule has 2 unspecified atom stereocenters. The minimum Gasteiger partial charge on any atom is -0.337 e. The van der Waals surface area contributed by atoms with Crippen LogP contribution in [0.15, 0.2) is 83.9 Å². The second-order valence-electron chi connectivity index (χ2n) is 10.1. The van der Waals surface area contributed by atoms with Gasteiger partial charge in [0.1, 0.15) is 34.9 Å². The van der Waals surface area contributed by atoms with Crippen LogP contribution in [0.4, 0.5) is 37.7 Å². The van der Waals surface area contributed by atoms with E-state index in [1.165, 1.54) is 40.7 Å². The largest absolute Gasteiger partial charge is 0.337 e. The first kappa shape index (κ1) is 34.1. The Balaban J connectivity index is 0.000000185. The number of benzene rings is 2. The van der Waals surface area contributed by atoms with Crippen molar-refractivity contribution in [3.05, 3.63) is 140 Å². The number of rotatable bonds is 4. The molecule has 2 aromatic carbocycles. The van der Waals surface area contributed by atoms with Crippen molar-refractivity contribution in [3.63, 3.8) is 0 Å². The second-order valence-corrected chi connectivity index (χ2v) is 11.7. The zero-order valence-electron chi connectivity index (χ0n) is 23.6. The first-order valence-corrected chi connectivity index (χ1v) is 15.1. The molecule has 0 fully saturated rings. The van der Waals surface area contributed by atoms with E-state index in [-0.39, 0.29) is 44.8 Å². The molecule has 2 aromatic heterocycles. The van der Waals surface area contributed by atoms with Crippen molar-refractivity contribution in [2.75, 3.05) is 9.80 Å². The fraction of sp³-hybridized carbons (Fsp3) is 0.125. The lowest BCUT2D eigenvalue weighted by Crippen LogP contribution is -2.32. The van der Waals surface area contributed by atoms with Crippen LogP contribution in [0.2, 0.25) is 10.3 Å². The summed E-state index contributed by atoms with van der Waals surface area (Å²) >= 11 is 15.2. The highest BCUT2D eigenvalue weighted by Gasteiger charge is 2.34. The predicted molar refractivity (Wildman–Crippen MR) is 167 cm³/mol. The number of carbonyl (C=O) groups excluding carboxylic acids is 2. The molecule has 0 spiro atoms. The number of pyridine rings is 2. The highest BCUT2D eigenvalue weighted by Crippen LogP contribution is 2.41. The molecule has 0 N–H and O–H groups in total. The summed E-state index contributed by atoms with van der Waals surface area (Å²) in [4.78, 5) is 34.5. The Morgan fingerprint density at radius 2 is 1.15 bits per heavy atom. The van der Waals surface area contributed by atoms with Gasteiger partial charge in [-0.05, 0) is 46.3 Å². The number of hydrogen-bond donors (Lipinski definition) is 0. The first-order chi connectivity index (χ1) is 22.3. The lowest BCUT2D eigenvalue weighted by Gasteiger charge is -2.34. The van der Waals surface area contributed by atoms with Gasteiger partial charge in [0.05, 0.1) is 27.9 Å². The van der Waals surface area contributed by atoms with Crippen LogP contribution in [0.5, 0.6) is 0 Å². The van der Waals surface area contributed by atoms with E-state index in [2.05, 4.69) is 25.9 Å². The second kappa shape index (κ2) is 14.3. The molecule has 2 aliphatic rings. The van der Waals surface area contributed by atoms with Crippen LogP contribution in [0.1, 0.15) is 36.1 Å². The van der Waals surface area contributed by atoms with Crippen molar-refractivity contribution < 1.29 is 35.9 Å². The van der Waals surface area contributed by atoms with Crippen molar-refractivity contribution in [3.8, 4) is 0 Å². The van der Waals surface area contributed by atoms with Gasteiger partial charge in [-0.25, -0.2) is 36.3 Å². The van der Waals surface area contributed by atoms with Gasteiger partial charge in [0.2, 0.25) is 0 Å². The molecule has 47 heavy (non-hydrogen) atoms. The van der Waals surface area contributed by atoms with Gasteiger partial charge >= 0.3 is 0 Å². The Morgan fingerprint density at radius 3 is 1.62 bits per heavy atom. The Labute approximate surface area is 282 Å². The molecule has 4 aromatic rings. The van der Waals surface area contributed by atoms with E-state index in [1.54, 1.807) is 24.3 Å². The maximum absolute atomic E-state index is 14.2. The third-order valence-corrected chi connectivity index (χ3v) is 8.40. The van der Waals surface area contributed by atoms with Gasteiger partial charge in [-0.2, -0.15) is 0 Å². The van der Waals surface area contributed by atoms with Gasteiger partial charge in [0.25, 0.3) is 0 Å². The lowest BCUT2D eigenvalue weighted by molar-refractivity contribution is -0.116. The summed E-state index contributed by atoms with van der Waals surface area (Å²) in [6.07, 6.45) is 6.64. The van der Waals surface area contributed by atoms with Gasteiger partial charge in [-0.1, -0.05) is 23.2 Å². The normalized spacial score (nSPS) is 17.8. The molecule has 6 rings (SSSR count). The molecule has 2 atom stereocenters. The minimum atomic E-state index is -1.07. The molecule has 0 bridgehead atoms. The molecule has 0 amide bonds. The maximum Gasteiger partial charge on any atom is 0.173 e. The Hall–Kier alpha value is -4.20. The highest BCUT2D eigenvalue weighted by molar-refractivity contribution is 9.12. The van der Waals surface area contributed by atoms with Crippen LogP contribution in [-0.4, -0.2) is 21.5 Å². The molecular weight excluding hydrogens is 737 g/mol. The summed E-state index contributed by atoms with van der Waals surface area (Å²) in [5.41, 5.74) is -0.0206. The summed E-state index contributed by atoms with van der Waals surface area (Å²) in [6.45, 7) is 0. The molecule has 15 heteroatoms. The van der Waals surface area contributed by atoms with E-state index in [9.17, 15) is 35.9 Å². The van der Waals surface area contributed by atoms with Gasteiger partial charge in [-0.3, -0.25) is 9.59 Å². The Morgan fingerprint density at radius 1 is 0.702 bits per heavy atom. The number of ketones is 2. The van der Waals surface area contributed by atoms with Gasteiger partial charge < -0.3 is 9.80 Å². The highest BCUT2D eigenvalue weighted by atomic mass is 79.9. The average Bonchev–Trinajstić information content (AvgIpc) is 2.99. The average molecular weight is 756 g/mol. The van der Waals surface area contributed by atoms with Gasteiger partial charge in [0.15, 0.2) is 21.9 Å². The fourth-order valence-corrected chi connectivity index (χ4v) is 5.95. The minimum absolute atomic E-state index is 0.108. The summed E-state index contributed by atoms with van der Waals surface area (Å²) in [7, 11) is 0. The monoisotopic (exact) mass is 754 g/mol. The predicted octanol–water partition coefficient (Wildman–Crippen LogP) is 9.10. The number of aromatic nitrogens is 2. The number of Topliss-reactive ketones (excluding diaryl/α,β-unsaturated/α-hetero) is 1. The molecule has 242 valence electrons. The van der Waals surface area contributed by atoms with Crippen LogP contribution in [0, 0.1) is 34.9 Å². The van der Waals surface area contributed by atoms with E-state index in [0.717, 1.165) is 0 Å². The number of anilines is 2. The fourth-order valence-electron chi connectivity index (χ4n) is 5.13. The third-order valence-electron chi connectivity index (χ3n) is 7.17. The molecule has 0 saturated carbocycles. The topological polar surface area (TPSA) is 66.4 Å². The maximum atomic E-state index is 14.2. The first-order valence-electron chi connectivity index (χ1n) is 13.5. The SMILES string of the molecule is O=C1C=CN(c2cccnc2Cl)C(c2c(F)cc(F)cc2F)C1.O=C1CC(c2c(F)cc(F)cc2F)N(c2cccnc2Cl)C=C1Br. The van der Waals surface area contributed by atoms with Crippen LogP contribution in [0.25, 0.3) is 0 Å². The molecule has 6 nitrogen and oxygen atoms in total. The number of carbonyl (C=O) groups is 2. The number of nitrogens with zero attached hydrogens (tertiary/aromatic N) is 4. The van der Waals surface area contributed by atoms with Crippen LogP contribution in [-0.2, 0) is 9.59 Å². The van der Waals surface area contributed by atoms with Crippen molar-refractivity contribution in [2.24, 2.45) is 0 Å².